The van der Waals surface area contributed by atoms with Gasteiger partial charge in [-0.3, -0.25) is 4.68 Å². The lowest BCUT2D eigenvalue weighted by Crippen LogP contribution is -2.18. The molecule has 1 atom stereocenters. The molecular weight excluding hydrogens is 222 g/mol. The SMILES string of the molecule is Cc1ccccc1CNC(C)c1cn(C)nc1C. The van der Waals surface area contributed by atoms with Crippen molar-refractivity contribution in [3.05, 3.63) is 52.8 Å². The van der Waals surface area contributed by atoms with Crippen molar-refractivity contribution < 1.29 is 0 Å². The highest BCUT2D eigenvalue weighted by atomic mass is 15.3. The first kappa shape index (κ1) is 12.8. The zero-order valence-electron chi connectivity index (χ0n) is 11.6. The highest BCUT2D eigenvalue weighted by Crippen LogP contribution is 2.16. The van der Waals surface area contributed by atoms with Gasteiger partial charge in [0.25, 0.3) is 0 Å². The molecule has 18 heavy (non-hydrogen) atoms. The van der Waals surface area contributed by atoms with Crippen LogP contribution in [0.1, 0.15) is 35.3 Å². The van der Waals surface area contributed by atoms with Crippen LogP contribution in [-0.4, -0.2) is 9.78 Å². The van der Waals surface area contributed by atoms with E-state index in [2.05, 4.69) is 61.6 Å². The molecular formula is C15H21N3. The molecule has 0 radical (unpaired) electrons. The minimum absolute atomic E-state index is 0.318. The van der Waals surface area contributed by atoms with Gasteiger partial charge in [0.05, 0.1) is 5.69 Å². The molecule has 0 saturated heterocycles. The predicted molar refractivity (Wildman–Crippen MR) is 74.4 cm³/mol. The van der Waals surface area contributed by atoms with Gasteiger partial charge >= 0.3 is 0 Å². The van der Waals surface area contributed by atoms with Crippen LogP contribution in [-0.2, 0) is 13.6 Å². The lowest BCUT2D eigenvalue weighted by molar-refractivity contribution is 0.570. The summed E-state index contributed by atoms with van der Waals surface area (Å²) >= 11 is 0. The molecule has 1 unspecified atom stereocenters. The Morgan fingerprint density at radius 1 is 1.28 bits per heavy atom. The smallest absolute Gasteiger partial charge is 0.0641 e. The molecule has 0 bridgehead atoms. The third-order valence-electron chi connectivity index (χ3n) is 3.38. The van der Waals surface area contributed by atoms with E-state index in [0.29, 0.717) is 6.04 Å². The zero-order valence-corrected chi connectivity index (χ0v) is 11.6. The van der Waals surface area contributed by atoms with Crippen molar-refractivity contribution in [1.29, 1.82) is 0 Å². The number of nitrogens with zero attached hydrogens (tertiary/aromatic N) is 2. The quantitative estimate of drug-likeness (QED) is 0.895. The molecule has 0 saturated carbocycles. The van der Waals surface area contributed by atoms with Gasteiger partial charge in [0.1, 0.15) is 0 Å². The minimum Gasteiger partial charge on any atom is -0.306 e. The van der Waals surface area contributed by atoms with E-state index in [-0.39, 0.29) is 0 Å². The van der Waals surface area contributed by atoms with E-state index < -0.39 is 0 Å². The van der Waals surface area contributed by atoms with E-state index in [1.807, 2.05) is 11.7 Å². The summed E-state index contributed by atoms with van der Waals surface area (Å²) < 4.78 is 1.87. The van der Waals surface area contributed by atoms with Crippen LogP contribution in [0.15, 0.2) is 30.5 Å². The first-order valence-corrected chi connectivity index (χ1v) is 6.36. The summed E-state index contributed by atoms with van der Waals surface area (Å²) in [7, 11) is 1.96. The van der Waals surface area contributed by atoms with E-state index in [4.69, 9.17) is 0 Å². The standard InChI is InChI=1S/C15H21N3/c1-11-7-5-6-8-14(11)9-16-12(2)15-10-18(4)17-13(15)3/h5-8,10,12,16H,9H2,1-4H3. The molecule has 3 heteroatoms. The Morgan fingerprint density at radius 2 is 2.00 bits per heavy atom. The predicted octanol–water partition coefficient (Wildman–Crippen LogP) is 2.89. The largest absolute Gasteiger partial charge is 0.306 e. The van der Waals surface area contributed by atoms with Crippen LogP contribution in [0.4, 0.5) is 0 Å². The minimum atomic E-state index is 0.318. The van der Waals surface area contributed by atoms with Crippen molar-refractivity contribution in [3.8, 4) is 0 Å². The summed E-state index contributed by atoms with van der Waals surface area (Å²) in [6.45, 7) is 7.28. The third-order valence-corrected chi connectivity index (χ3v) is 3.38. The van der Waals surface area contributed by atoms with Crippen molar-refractivity contribution in [2.45, 2.75) is 33.4 Å². The summed E-state index contributed by atoms with van der Waals surface area (Å²) in [4.78, 5) is 0. The summed E-state index contributed by atoms with van der Waals surface area (Å²) in [6.07, 6.45) is 2.09. The maximum atomic E-state index is 4.38. The molecule has 1 aromatic heterocycles. The molecule has 1 N–H and O–H groups in total. The Morgan fingerprint density at radius 3 is 2.61 bits per heavy atom. The number of hydrogen-bond acceptors (Lipinski definition) is 2. The Hall–Kier alpha value is -1.61. The van der Waals surface area contributed by atoms with E-state index in [0.717, 1.165) is 12.2 Å². The maximum Gasteiger partial charge on any atom is 0.0641 e. The lowest BCUT2D eigenvalue weighted by atomic mass is 10.1. The fourth-order valence-electron chi connectivity index (χ4n) is 2.22. The Labute approximate surface area is 109 Å². The topological polar surface area (TPSA) is 29.9 Å². The van der Waals surface area contributed by atoms with Crippen molar-refractivity contribution in [3.63, 3.8) is 0 Å². The molecule has 1 heterocycles. The van der Waals surface area contributed by atoms with Crippen molar-refractivity contribution in [2.75, 3.05) is 0 Å². The van der Waals surface area contributed by atoms with Gasteiger partial charge < -0.3 is 5.32 Å². The molecule has 0 aliphatic carbocycles. The molecule has 0 fully saturated rings. The first-order chi connectivity index (χ1) is 8.58. The van der Waals surface area contributed by atoms with E-state index >= 15 is 0 Å². The molecule has 0 aliphatic heterocycles. The number of benzene rings is 1. The number of aromatic nitrogens is 2. The van der Waals surface area contributed by atoms with Gasteiger partial charge in [-0.2, -0.15) is 5.10 Å². The Balaban J connectivity index is 2.03. The van der Waals surface area contributed by atoms with E-state index in [1.165, 1.54) is 16.7 Å². The van der Waals surface area contributed by atoms with E-state index in [9.17, 15) is 0 Å². The lowest BCUT2D eigenvalue weighted by Gasteiger charge is -2.14. The van der Waals surface area contributed by atoms with Gasteiger partial charge in [-0.05, 0) is 31.9 Å². The van der Waals surface area contributed by atoms with Crippen LogP contribution in [0.2, 0.25) is 0 Å². The molecule has 0 amide bonds. The molecule has 0 spiro atoms. The average Bonchev–Trinajstić information content (AvgIpc) is 2.67. The third kappa shape index (κ3) is 2.79. The highest BCUT2D eigenvalue weighted by Gasteiger charge is 2.11. The fourth-order valence-corrected chi connectivity index (χ4v) is 2.22. The molecule has 2 rings (SSSR count). The average molecular weight is 243 g/mol. The molecule has 1 aromatic carbocycles. The number of hydrogen-bond donors (Lipinski definition) is 1. The van der Waals surface area contributed by atoms with Crippen molar-refractivity contribution in [2.24, 2.45) is 7.05 Å². The summed E-state index contributed by atoms with van der Waals surface area (Å²) in [5.74, 6) is 0. The van der Waals surface area contributed by atoms with E-state index in [1.54, 1.807) is 0 Å². The van der Waals surface area contributed by atoms with Crippen molar-refractivity contribution >= 4 is 0 Å². The Kier molecular flexibility index (Phi) is 3.82. The molecule has 96 valence electrons. The second kappa shape index (κ2) is 5.36. The fraction of sp³-hybridized carbons (Fsp3) is 0.400. The van der Waals surface area contributed by atoms with Gasteiger partial charge in [-0.25, -0.2) is 0 Å². The number of nitrogens with one attached hydrogen (secondary N) is 1. The van der Waals surface area contributed by atoms with Crippen LogP contribution in [0.3, 0.4) is 0 Å². The normalized spacial score (nSPS) is 12.7. The zero-order chi connectivity index (χ0) is 13.1. The van der Waals surface area contributed by atoms with Gasteiger partial charge in [0, 0.05) is 31.4 Å². The van der Waals surface area contributed by atoms with Gasteiger partial charge in [0.2, 0.25) is 0 Å². The Bertz CT molecular complexity index is 528. The van der Waals surface area contributed by atoms with Crippen LogP contribution in [0, 0.1) is 13.8 Å². The molecule has 2 aromatic rings. The van der Waals surface area contributed by atoms with Gasteiger partial charge in [-0.1, -0.05) is 24.3 Å². The number of aryl methyl sites for hydroxylation is 3. The second-order valence-corrected chi connectivity index (χ2v) is 4.87. The molecule has 0 aliphatic rings. The van der Waals surface area contributed by atoms with Gasteiger partial charge in [-0.15, -0.1) is 0 Å². The monoisotopic (exact) mass is 243 g/mol. The van der Waals surface area contributed by atoms with Crippen LogP contribution in [0.25, 0.3) is 0 Å². The first-order valence-electron chi connectivity index (χ1n) is 6.36. The van der Waals surface area contributed by atoms with Gasteiger partial charge in [0.15, 0.2) is 0 Å². The number of rotatable bonds is 4. The van der Waals surface area contributed by atoms with Crippen LogP contribution in [0.5, 0.6) is 0 Å². The van der Waals surface area contributed by atoms with Crippen LogP contribution >= 0.6 is 0 Å². The maximum absolute atomic E-state index is 4.38. The second-order valence-electron chi connectivity index (χ2n) is 4.87. The highest BCUT2D eigenvalue weighted by molar-refractivity contribution is 5.26. The summed E-state index contributed by atoms with van der Waals surface area (Å²) in [6, 6.07) is 8.80. The van der Waals surface area contributed by atoms with Crippen molar-refractivity contribution in [1.82, 2.24) is 15.1 Å². The molecule has 3 nitrogen and oxygen atoms in total. The summed E-state index contributed by atoms with van der Waals surface area (Å²) in [5, 5.41) is 7.94. The summed E-state index contributed by atoms with van der Waals surface area (Å²) in [5.41, 5.74) is 5.05. The van der Waals surface area contributed by atoms with Crippen LogP contribution < -0.4 is 5.32 Å².